The SMILES string of the molecule is CCC1CCN(S(=O)(=O)CCCNC)C1. The molecule has 90 valence electrons. The molecule has 1 aliphatic heterocycles. The van der Waals surface area contributed by atoms with Crippen molar-refractivity contribution in [3.8, 4) is 0 Å². The molecule has 1 aliphatic rings. The summed E-state index contributed by atoms with van der Waals surface area (Å²) in [4.78, 5) is 0. The van der Waals surface area contributed by atoms with Crippen molar-refractivity contribution < 1.29 is 8.42 Å². The van der Waals surface area contributed by atoms with E-state index in [0.29, 0.717) is 12.3 Å². The Morgan fingerprint density at radius 1 is 1.47 bits per heavy atom. The van der Waals surface area contributed by atoms with Crippen LogP contribution in [-0.4, -0.2) is 45.2 Å². The van der Waals surface area contributed by atoms with Crippen molar-refractivity contribution in [2.24, 2.45) is 5.92 Å². The molecule has 0 aromatic heterocycles. The standard InChI is InChI=1S/C10H22N2O2S/c1-3-10-5-7-12(9-10)15(13,14)8-4-6-11-2/h10-11H,3-9H2,1-2H3. The molecule has 1 unspecified atom stereocenters. The molecular weight excluding hydrogens is 212 g/mol. The fourth-order valence-corrected chi connectivity index (χ4v) is 3.53. The monoisotopic (exact) mass is 234 g/mol. The minimum absolute atomic E-state index is 0.282. The van der Waals surface area contributed by atoms with E-state index in [0.717, 1.165) is 32.5 Å². The first-order valence-corrected chi connectivity index (χ1v) is 7.33. The smallest absolute Gasteiger partial charge is 0.214 e. The molecule has 4 nitrogen and oxygen atoms in total. The van der Waals surface area contributed by atoms with Crippen LogP contribution in [0.15, 0.2) is 0 Å². The van der Waals surface area contributed by atoms with Crippen LogP contribution >= 0.6 is 0 Å². The second-order valence-electron chi connectivity index (χ2n) is 4.19. The van der Waals surface area contributed by atoms with Crippen LogP contribution in [0.25, 0.3) is 0 Å². The summed E-state index contributed by atoms with van der Waals surface area (Å²) in [6, 6.07) is 0. The van der Waals surface area contributed by atoms with Gasteiger partial charge in [0.2, 0.25) is 10.0 Å². The Labute approximate surface area is 93.1 Å². The molecule has 0 amide bonds. The molecule has 1 saturated heterocycles. The second-order valence-corrected chi connectivity index (χ2v) is 6.28. The normalized spacial score (nSPS) is 23.5. The number of hydrogen-bond acceptors (Lipinski definition) is 3. The minimum atomic E-state index is -2.98. The van der Waals surface area contributed by atoms with Crippen molar-refractivity contribution in [3.63, 3.8) is 0 Å². The fraction of sp³-hybridized carbons (Fsp3) is 1.00. The van der Waals surface area contributed by atoms with Crippen LogP contribution in [0.5, 0.6) is 0 Å². The van der Waals surface area contributed by atoms with E-state index in [9.17, 15) is 8.42 Å². The van der Waals surface area contributed by atoms with Crippen molar-refractivity contribution in [2.45, 2.75) is 26.2 Å². The van der Waals surface area contributed by atoms with Gasteiger partial charge in [-0.05, 0) is 32.4 Å². The summed E-state index contributed by atoms with van der Waals surface area (Å²) >= 11 is 0. The van der Waals surface area contributed by atoms with Gasteiger partial charge in [-0.1, -0.05) is 13.3 Å². The number of nitrogens with zero attached hydrogens (tertiary/aromatic N) is 1. The molecule has 0 aromatic carbocycles. The van der Waals surface area contributed by atoms with E-state index in [1.807, 2.05) is 7.05 Å². The second kappa shape index (κ2) is 5.82. The summed E-state index contributed by atoms with van der Waals surface area (Å²) in [6.07, 6.45) is 2.82. The molecule has 1 heterocycles. The molecular formula is C10H22N2O2S. The van der Waals surface area contributed by atoms with Gasteiger partial charge in [0.15, 0.2) is 0 Å². The maximum absolute atomic E-state index is 11.9. The highest BCUT2D eigenvalue weighted by Crippen LogP contribution is 2.22. The van der Waals surface area contributed by atoms with E-state index in [1.54, 1.807) is 4.31 Å². The van der Waals surface area contributed by atoms with Crippen molar-refractivity contribution >= 4 is 10.0 Å². The summed E-state index contributed by atoms with van der Waals surface area (Å²) in [5.41, 5.74) is 0. The number of sulfonamides is 1. The average Bonchev–Trinajstić information content (AvgIpc) is 2.66. The quantitative estimate of drug-likeness (QED) is 0.687. The average molecular weight is 234 g/mol. The lowest BCUT2D eigenvalue weighted by atomic mass is 10.1. The maximum Gasteiger partial charge on any atom is 0.214 e. The van der Waals surface area contributed by atoms with Gasteiger partial charge in [0, 0.05) is 13.1 Å². The third kappa shape index (κ3) is 3.74. The first-order valence-electron chi connectivity index (χ1n) is 5.72. The summed E-state index contributed by atoms with van der Waals surface area (Å²) in [7, 11) is -1.14. The highest BCUT2D eigenvalue weighted by atomic mass is 32.2. The third-order valence-electron chi connectivity index (χ3n) is 3.05. The van der Waals surface area contributed by atoms with Crippen LogP contribution in [0.3, 0.4) is 0 Å². The first-order chi connectivity index (χ1) is 7.10. The molecule has 1 atom stereocenters. The lowest BCUT2D eigenvalue weighted by molar-refractivity contribution is 0.451. The summed E-state index contributed by atoms with van der Waals surface area (Å²) in [6.45, 7) is 4.35. The van der Waals surface area contributed by atoms with Gasteiger partial charge < -0.3 is 5.32 Å². The van der Waals surface area contributed by atoms with E-state index in [4.69, 9.17) is 0 Å². The molecule has 1 N–H and O–H groups in total. The van der Waals surface area contributed by atoms with Crippen LogP contribution in [0, 0.1) is 5.92 Å². The van der Waals surface area contributed by atoms with Crippen LogP contribution in [0.2, 0.25) is 0 Å². The Morgan fingerprint density at radius 3 is 2.73 bits per heavy atom. The first kappa shape index (κ1) is 12.9. The Bertz CT molecular complexity index is 277. The van der Waals surface area contributed by atoms with E-state index in [2.05, 4.69) is 12.2 Å². The zero-order chi connectivity index (χ0) is 11.3. The minimum Gasteiger partial charge on any atom is -0.320 e. The summed E-state index contributed by atoms with van der Waals surface area (Å²) < 4.78 is 25.4. The lowest BCUT2D eigenvalue weighted by Gasteiger charge is -2.16. The molecule has 1 fully saturated rings. The topological polar surface area (TPSA) is 49.4 Å². The third-order valence-corrected chi connectivity index (χ3v) is 4.97. The number of hydrogen-bond donors (Lipinski definition) is 1. The van der Waals surface area contributed by atoms with Crippen molar-refractivity contribution in [2.75, 3.05) is 32.4 Å². The van der Waals surface area contributed by atoms with Crippen LogP contribution in [0.1, 0.15) is 26.2 Å². The Morgan fingerprint density at radius 2 is 2.20 bits per heavy atom. The summed E-state index contributed by atoms with van der Waals surface area (Å²) in [5, 5.41) is 2.97. The predicted molar refractivity (Wildman–Crippen MR) is 62.3 cm³/mol. The predicted octanol–water partition coefficient (Wildman–Crippen LogP) is 0.658. The van der Waals surface area contributed by atoms with Gasteiger partial charge in [0.1, 0.15) is 0 Å². The zero-order valence-corrected chi connectivity index (χ0v) is 10.5. The maximum atomic E-state index is 11.9. The van der Waals surface area contributed by atoms with E-state index in [1.165, 1.54) is 0 Å². The van der Waals surface area contributed by atoms with Gasteiger partial charge in [-0.2, -0.15) is 0 Å². The molecule has 0 saturated carbocycles. The Balaban J connectivity index is 2.41. The molecule has 0 aromatic rings. The van der Waals surface area contributed by atoms with Gasteiger partial charge in [-0.25, -0.2) is 12.7 Å². The van der Waals surface area contributed by atoms with Crippen molar-refractivity contribution in [3.05, 3.63) is 0 Å². The van der Waals surface area contributed by atoms with E-state index < -0.39 is 10.0 Å². The zero-order valence-electron chi connectivity index (χ0n) is 9.70. The van der Waals surface area contributed by atoms with Crippen LogP contribution in [-0.2, 0) is 10.0 Å². The Hall–Kier alpha value is -0.130. The number of nitrogens with one attached hydrogen (secondary N) is 1. The largest absolute Gasteiger partial charge is 0.320 e. The Kier molecular flexibility index (Phi) is 5.02. The van der Waals surface area contributed by atoms with Gasteiger partial charge in [-0.3, -0.25) is 0 Å². The highest BCUT2D eigenvalue weighted by molar-refractivity contribution is 7.89. The van der Waals surface area contributed by atoms with E-state index >= 15 is 0 Å². The van der Waals surface area contributed by atoms with Gasteiger partial charge in [-0.15, -0.1) is 0 Å². The molecule has 15 heavy (non-hydrogen) atoms. The van der Waals surface area contributed by atoms with Crippen molar-refractivity contribution in [1.82, 2.24) is 9.62 Å². The molecule has 0 aliphatic carbocycles. The highest BCUT2D eigenvalue weighted by Gasteiger charge is 2.29. The fourth-order valence-electron chi connectivity index (χ4n) is 1.94. The van der Waals surface area contributed by atoms with Gasteiger partial charge >= 0.3 is 0 Å². The molecule has 1 rings (SSSR count). The van der Waals surface area contributed by atoms with Gasteiger partial charge in [0.25, 0.3) is 0 Å². The molecule has 0 spiro atoms. The summed E-state index contributed by atoms with van der Waals surface area (Å²) in [5.74, 6) is 0.855. The van der Waals surface area contributed by atoms with Gasteiger partial charge in [0.05, 0.1) is 5.75 Å². The molecule has 5 heteroatoms. The van der Waals surface area contributed by atoms with Crippen molar-refractivity contribution in [1.29, 1.82) is 0 Å². The molecule has 0 radical (unpaired) electrons. The number of rotatable bonds is 6. The van der Waals surface area contributed by atoms with E-state index in [-0.39, 0.29) is 5.75 Å². The van der Waals surface area contributed by atoms with Crippen LogP contribution in [0.4, 0.5) is 0 Å². The lowest BCUT2D eigenvalue weighted by Crippen LogP contribution is -2.31. The van der Waals surface area contributed by atoms with Crippen LogP contribution < -0.4 is 5.32 Å². The molecule has 0 bridgehead atoms.